The van der Waals surface area contributed by atoms with Crippen molar-refractivity contribution in [2.45, 2.75) is 65.5 Å². The number of hydrogen-bond donors (Lipinski definition) is 1. The molecule has 3 rings (SSSR count). The number of nitrogens with one attached hydrogen (secondary N) is 1. The van der Waals surface area contributed by atoms with E-state index in [1.165, 1.54) is 18.4 Å². The van der Waals surface area contributed by atoms with Gasteiger partial charge in [-0.05, 0) is 24.3 Å². The average Bonchev–Trinajstić information content (AvgIpc) is 3.18. The molecule has 0 saturated carbocycles. The predicted octanol–water partition coefficient (Wildman–Crippen LogP) is 4.20. The molecule has 1 amide bonds. The van der Waals surface area contributed by atoms with Crippen LogP contribution < -0.4 is 5.32 Å². The van der Waals surface area contributed by atoms with Crippen LogP contribution in [0.25, 0.3) is 0 Å². The number of nitrogens with zero attached hydrogens (tertiary/aromatic N) is 2. The van der Waals surface area contributed by atoms with Crippen molar-refractivity contribution >= 4 is 5.91 Å². The third kappa shape index (κ3) is 5.45. The van der Waals surface area contributed by atoms with Gasteiger partial charge in [0.25, 0.3) is 0 Å². The molecule has 2 atom stereocenters. The molecule has 1 fully saturated rings. The number of amides is 1. The number of hydrogen-bond acceptors (Lipinski definition) is 2. The monoisotopic (exact) mass is 341 g/mol. The molecule has 4 heteroatoms. The highest BCUT2D eigenvalue weighted by Gasteiger charge is 2.24. The average molecular weight is 341 g/mol. The number of carbonyl (C=O) groups excluding carboxylic acids is 1. The number of aromatic nitrogens is 2. The Kier molecular flexibility index (Phi) is 7.23. The van der Waals surface area contributed by atoms with Gasteiger partial charge >= 0.3 is 0 Å². The van der Waals surface area contributed by atoms with Gasteiger partial charge in [0.05, 0.1) is 0 Å². The van der Waals surface area contributed by atoms with Crippen molar-refractivity contribution < 1.29 is 4.79 Å². The third-order valence-corrected chi connectivity index (χ3v) is 4.87. The lowest BCUT2D eigenvalue weighted by molar-refractivity contribution is -0.119. The molecule has 0 bridgehead atoms. The van der Waals surface area contributed by atoms with E-state index >= 15 is 0 Å². The zero-order valence-electron chi connectivity index (χ0n) is 14.4. The topological polar surface area (TPSA) is 46.9 Å². The first-order valence-corrected chi connectivity index (χ1v) is 9.08. The summed E-state index contributed by atoms with van der Waals surface area (Å²) in [5.74, 6) is 1.94. The molecule has 136 valence electrons. The second-order valence-corrected chi connectivity index (χ2v) is 6.85. The number of rotatable bonds is 8. The Balaban J connectivity index is 0.00000225. The first-order chi connectivity index (χ1) is 11.7. The highest BCUT2D eigenvalue weighted by molar-refractivity contribution is 5.78. The van der Waals surface area contributed by atoms with Gasteiger partial charge in [-0.25, -0.2) is 4.98 Å². The Bertz CT molecular complexity index is 650. The van der Waals surface area contributed by atoms with Crippen LogP contribution in [0.2, 0.25) is 0 Å². The standard InChI is InChI=1S/C20H27N3O.CH4/c1-2-6-17(13-18-9-10-20(24)22-18)14-19-21-11-12-23(19)15-16-7-4-3-5-8-16;/h3-5,7-8,11-12,17-18H,2,6,9-10,13-15H2,1H3,(H,22,24);1H4. The van der Waals surface area contributed by atoms with Crippen molar-refractivity contribution in [2.24, 2.45) is 5.92 Å². The van der Waals surface area contributed by atoms with Crippen LogP contribution in [0.3, 0.4) is 0 Å². The summed E-state index contributed by atoms with van der Waals surface area (Å²) in [4.78, 5) is 16.0. The highest BCUT2D eigenvalue weighted by Crippen LogP contribution is 2.23. The Morgan fingerprint density at radius 3 is 2.80 bits per heavy atom. The van der Waals surface area contributed by atoms with E-state index in [-0.39, 0.29) is 13.3 Å². The van der Waals surface area contributed by atoms with E-state index in [9.17, 15) is 4.79 Å². The predicted molar refractivity (Wildman–Crippen MR) is 102 cm³/mol. The number of carbonyl (C=O) groups is 1. The van der Waals surface area contributed by atoms with E-state index in [0.29, 0.717) is 18.4 Å². The molecule has 1 aromatic heterocycles. The van der Waals surface area contributed by atoms with E-state index in [4.69, 9.17) is 0 Å². The van der Waals surface area contributed by atoms with Crippen molar-refractivity contribution in [1.82, 2.24) is 14.9 Å². The molecule has 4 nitrogen and oxygen atoms in total. The summed E-state index contributed by atoms with van der Waals surface area (Å²) in [6, 6.07) is 10.9. The van der Waals surface area contributed by atoms with Crippen LogP contribution in [0.4, 0.5) is 0 Å². The zero-order chi connectivity index (χ0) is 16.8. The number of imidazole rings is 1. The molecular weight excluding hydrogens is 310 g/mol. The van der Waals surface area contributed by atoms with Crippen molar-refractivity contribution in [1.29, 1.82) is 0 Å². The maximum atomic E-state index is 11.4. The first kappa shape index (κ1) is 19.2. The largest absolute Gasteiger partial charge is 0.353 e. The van der Waals surface area contributed by atoms with E-state index in [1.807, 2.05) is 12.3 Å². The molecule has 1 aliphatic heterocycles. The molecule has 2 heterocycles. The second kappa shape index (κ2) is 9.40. The molecule has 0 aliphatic carbocycles. The Hall–Kier alpha value is -2.10. The van der Waals surface area contributed by atoms with Crippen LogP contribution >= 0.6 is 0 Å². The van der Waals surface area contributed by atoms with Gasteiger partial charge < -0.3 is 9.88 Å². The lowest BCUT2D eigenvalue weighted by Gasteiger charge is -2.20. The fourth-order valence-corrected chi connectivity index (χ4v) is 3.68. The third-order valence-electron chi connectivity index (χ3n) is 4.87. The van der Waals surface area contributed by atoms with Gasteiger partial charge in [-0.1, -0.05) is 57.5 Å². The maximum absolute atomic E-state index is 11.4. The summed E-state index contributed by atoms with van der Waals surface area (Å²) in [6.45, 7) is 3.10. The van der Waals surface area contributed by atoms with Crippen molar-refractivity contribution in [3.05, 3.63) is 54.1 Å². The summed E-state index contributed by atoms with van der Waals surface area (Å²) in [5, 5.41) is 3.11. The summed E-state index contributed by atoms with van der Waals surface area (Å²) < 4.78 is 2.26. The molecule has 0 radical (unpaired) electrons. The zero-order valence-corrected chi connectivity index (χ0v) is 14.4. The van der Waals surface area contributed by atoms with Crippen LogP contribution in [-0.2, 0) is 17.8 Å². The molecule has 1 N–H and O–H groups in total. The van der Waals surface area contributed by atoms with Gasteiger partial charge in [0.15, 0.2) is 0 Å². The van der Waals surface area contributed by atoms with Gasteiger partial charge in [0.2, 0.25) is 5.91 Å². The molecule has 2 aromatic rings. The highest BCUT2D eigenvalue weighted by atomic mass is 16.1. The van der Waals surface area contributed by atoms with Crippen LogP contribution in [0.15, 0.2) is 42.7 Å². The summed E-state index contributed by atoms with van der Waals surface area (Å²) in [7, 11) is 0. The minimum absolute atomic E-state index is 0. The molecule has 2 unspecified atom stereocenters. The Labute approximate surface area is 151 Å². The molecular formula is C21H31N3O. The van der Waals surface area contributed by atoms with Crippen LogP contribution in [0, 0.1) is 5.92 Å². The summed E-state index contributed by atoms with van der Waals surface area (Å²) in [6.07, 6.45) is 10.1. The summed E-state index contributed by atoms with van der Waals surface area (Å²) >= 11 is 0. The molecule has 1 aliphatic rings. The first-order valence-electron chi connectivity index (χ1n) is 9.08. The molecule has 25 heavy (non-hydrogen) atoms. The van der Waals surface area contributed by atoms with Crippen LogP contribution in [0.1, 0.15) is 57.8 Å². The van der Waals surface area contributed by atoms with E-state index in [2.05, 4.69) is 52.3 Å². The minimum Gasteiger partial charge on any atom is -0.353 e. The van der Waals surface area contributed by atoms with Gasteiger partial charge in [0.1, 0.15) is 5.82 Å². The Morgan fingerprint density at radius 2 is 2.12 bits per heavy atom. The van der Waals surface area contributed by atoms with E-state index < -0.39 is 0 Å². The number of benzene rings is 1. The Morgan fingerprint density at radius 1 is 1.32 bits per heavy atom. The molecule has 1 saturated heterocycles. The van der Waals surface area contributed by atoms with E-state index in [1.54, 1.807) is 0 Å². The fourth-order valence-electron chi connectivity index (χ4n) is 3.68. The SMILES string of the molecule is C.CCCC(Cc1nccn1Cc1ccccc1)CC1CCC(=O)N1. The fraction of sp³-hybridized carbons (Fsp3) is 0.524. The molecule has 0 spiro atoms. The van der Waals surface area contributed by atoms with Crippen LogP contribution in [0.5, 0.6) is 0 Å². The summed E-state index contributed by atoms with van der Waals surface area (Å²) in [5.41, 5.74) is 1.30. The van der Waals surface area contributed by atoms with E-state index in [0.717, 1.165) is 31.6 Å². The molecule has 1 aromatic carbocycles. The van der Waals surface area contributed by atoms with Crippen molar-refractivity contribution in [2.75, 3.05) is 0 Å². The van der Waals surface area contributed by atoms with Gasteiger partial charge in [-0.2, -0.15) is 0 Å². The van der Waals surface area contributed by atoms with Crippen LogP contribution in [-0.4, -0.2) is 21.5 Å². The lowest BCUT2D eigenvalue weighted by Crippen LogP contribution is -2.28. The van der Waals surface area contributed by atoms with Gasteiger partial charge in [-0.15, -0.1) is 0 Å². The minimum atomic E-state index is 0. The normalized spacial score (nSPS) is 17.8. The van der Waals surface area contributed by atoms with Gasteiger partial charge in [0, 0.05) is 37.8 Å². The van der Waals surface area contributed by atoms with Crippen molar-refractivity contribution in [3.8, 4) is 0 Å². The lowest BCUT2D eigenvalue weighted by atomic mass is 9.91. The maximum Gasteiger partial charge on any atom is 0.220 e. The van der Waals surface area contributed by atoms with Crippen molar-refractivity contribution in [3.63, 3.8) is 0 Å². The van der Waals surface area contributed by atoms with Gasteiger partial charge in [-0.3, -0.25) is 4.79 Å². The quantitative estimate of drug-likeness (QED) is 0.782. The second-order valence-electron chi connectivity index (χ2n) is 6.85. The smallest absolute Gasteiger partial charge is 0.220 e.